The van der Waals surface area contributed by atoms with Gasteiger partial charge < -0.3 is 24.6 Å². The van der Waals surface area contributed by atoms with Crippen molar-refractivity contribution in [3.63, 3.8) is 0 Å². The van der Waals surface area contributed by atoms with Crippen LogP contribution in [-0.2, 0) is 17.9 Å². The van der Waals surface area contributed by atoms with Crippen molar-refractivity contribution in [3.05, 3.63) is 58.8 Å². The molecule has 0 saturated heterocycles. The number of carbonyl (C=O) groups excluding carboxylic acids is 2. The van der Waals surface area contributed by atoms with Gasteiger partial charge in [0.15, 0.2) is 11.5 Å². The predicted octanol–water partition coefficient (Wildman–Crippen LogP) is 4.00. The summed E-state index contributed by atoms with van der Waals surface area (Å²) in [5.41, 5.74) is 0.534. The first-order valence-electron chi connectivity index (χ1n) is 10.1. The molecule has 1 aliphatic rings. The lowest BCUT2D eigenvalue weighted by Gasteiger charge is -2.30. The first kappa shape index (κ1) is 22.7. The van der Waals surface area contributed by atoms with Crippen LogP contribution in [0.1, 0.15) is 31.2 Å². The lowest BCUT2D eigenvalue weighted by molar-refractivity contribution is -0.133. The van der Waals surface area contributed by atoms with E-state index in [2.05, 4.69) is 11.9 Å². The molecule has 7 nitrogen and oxygen atoms in total. The number of thiophene rings is 1. The molecule has 0 aliphatic carbocycles. The monoisotopic (exact) mass is 443 g/mol. The molecule has 0 spiro atoms. The van der Waals surface area contributed by atoms with Gasteiger partial charge in [-0.2, -0.15) is 0 Å². The maximum Gasteiger partial charge on any atom is 0.318 e. The van der Waals surface area contributed by atoms with Crippen molar-refractivity contribution in [2.45, 2.75) is 39.4 Å². The summed E-state index contributed by atoms with van der Waals surface area (Å²) in [5, 5.41) is 4.90. The highest BCUT2D eigenvalue weighted by Crippen LogP contribution is 2.33. The van der Waals surface area contributed by atoms with Crippen molar-refractivity contribution in [2.24, 2.45) is 0 Å². The quantitative estimate of drug-likeness (QED) is 0.626. The number of nitrogens with zero attached hydrogens (tertiary/aromatic N) is 2. The standard InChI is InChI=1S/C23H29N3O4S/c1-5-10-25(22(28)24-23(2,3)4)15-21(27)26(14-18-7-6-11-31-18)13-17-8-9-19-20(12-17)30-16-29-19/h5-9,11-12H,1,10,13-16H2,2-4H3,(H,24,28). The minimum Gasteiger partial charge on any atom is -0.454 e. The molecule has 2 heterocycles. The van der Waals surface area contributed by atoms with E-state index in [1.54, 1.807) is 22.3 Å². The molecule has 1 aromatic carbocycles. The number of hydrogen-bond donors (Lipinski definition) is 1. The Bertz CT molecular complexity index is 921. The van der Waals surface area contributed by atoms with Crippen molar-refractivity contribution in [2.75, 3.05) is 19.9 Å². The molecular formula is C23H29N3O4S. The summed E-state index contributed by atoms with van der Waals surface area (Å²) in [7, 11) is 0. The molecule has 31 heavy (non-hydrogen) atoms. The SMILES string of the molecule is C=CCN(CC(=O)N(Cc1ccc2c(c1)OCO2)Cc1cccs1)C(=O)NC(C)(C)C. The van der Waals surface area contributed by atoms with Gasteiger partial charge in [0.25, 0.3) is 0 Å². The second kappa shape index (κ2) is 9.87. The molecule has 166 valence electrons. The third-order valence-corrected chi connectivity index (χ3v) is 5.40. The molecule has 0 fully saturated rings. The van der Waals surface area contributed by atoms with Crippen LogP contribution in [0.3, 0.4) is 0 Å². The summed E-state index contributed by atoms with van der Waals surface area (Å²) in [6.45, 7) is 10.7. The van der Waals surface area contributed by atoms with Crippen molar-refractivity contribution < 1.29 is 19.1 Å². The van der Waals surface area contributed by atoms with Gasteiger partial charge in [0.05, 0.1) is 6.54 Å². The minimum atomic E-state index is -0.400. The van der Waals surface area contributed by atoms with Crippen molar-refractivity contribution >= 4 is 23.3 Å². The highest BCUT2D eigenvalue weighted by atomic mass is 32.1. The Hall–Kier alpha value is -3.00. The first-order valence-corrected chi connectivity index (χ1v) is 11.0. The predicted molar refractivity (Wildman–Crippen MR) is 121 cm³/mol. The van der Waals surface area contributed by atoms with Gasteiger partial charge >= 0.3 is 6.03 Å². The van der Waals surface area contributed by atoms with E-state index in [9.17, 15) is 9.59 Å². The largest absolute Gasteiger partial charge is 0.454 e. The molecule has 0 atom stereocenters. The molecule has 1 aromatic heterocycles. The van der Waals surface area contributed by atoms with E-state index in [4.69, 9.17) is 9.47 Å². The van der Waals surface area contributed by atoms with E-state index >= 15 is 0 Å². The average molecular weight is 444 g/mol. The Morgan fingerprint density at radius 1 is 1.16 bits per heavy atom. The van der Waals surface area contributed by atoms with E-state index in [0.717, 1.165) is 10.4 Å². The van der Waals surface area contributed by atoms with E-state index in [0.29, 0.717) is 24.6 Å². The number of urea groups is 1. The highest BCUT2D eigenvalue weighted by molar-refractivity contribution is 7.09. The number of fused-ring (bicyclic) bond motifs is 1. The van der Waals surface area contributed by atoms with Crippen LogP contribution < -0.4 is 14.8 Å². The molecule has 2 aromatic rings. The third-order valence-electron chi connectivity index (χ3n) is 4.53. The number of benzene rings is 1. The fourth-order valence-corrected chi connectivity index (χ4v) is 3.84. The molecule has 0 bridgehead atoms. The summed E-state index contributed by atoms with van der Waals surface area (Å²) >= 11 is 1.60. The van der Waals surface area contributed by atoms with Crippen LogP contribution in [0.5, 0.6) is 11.5 Å². The van der Waals surface area contributed by atoms with Gasteiger partial charge in [0, 0.05) is 23.5 Å². The zero-order valence-corrected chi connectivity index (χ0v) is 19.0. The van der Waals surface area contributed by atoms with E-state index in [1.807, 2.05) is 56.5 Å². The molecule has 8 heteroatoms. The van der Waals surface area contributed by atoms with Crippen molar-refractivity contribution in [3.8, 4) is 11.5 Å². The fourth-order valence-electron chi connectivity index (χ4n) is 3.12. The molecule has 0 radical (unpaired) electrons. The second-order valence-electron chi connectivity index (χ2n) is 8.37. The third kappa shape index (κ3) is 6.49. The van der Waals surface area contributed by atoms with Crippen molar-refractivity contribution in [1.82, 2.24) is 15.1 Å². The molecular weight excluding hydrogens is 414 g/mol. The normalized spacial score (nSPS) is 12.4. The number of hydrogen-bond acceptors (Lipinski definition) is 5. The summed E-state index contributed by atoms with van der Waals surface area (Å²) in [4.78, 5) is 30.3. The Morgan fingerprint density at radius 2 is 1.94 bits per heavy atom. The van der Waals surface area contributed by atoms with Gasteiger partial charge in [0.1, 0.15) is 6.54 Å². The Balaban J connectivity index is 1.76. The number of amides is 3. The summed E-state index contributed by atoms with van der Waals surface area (Å²) < 4.78 is 10.8. The number of ether oxygens (including phenoxy) is 2. The zero-order chi connectivity index (χ0) is 22.4. The van der Waals surface area contributed by atoms with Crippen LogP contribution in [0.4, 0.5) is 4.79 Å². The molecule has 3 rings (SSSR count). The van der Waals surface area contributed by atoms with Gasteiger partial charge in [-0.25, -0.2) is 4.79 Å². The lowest BCUT2D eigenvalue weighted by Crippen LogP contribution is -2.51. The van der Waals surface area contributed by atoms with Gasteiger partial charge in [0.2, 0.25) is 12.7 Å². The maximum absolute atomic E-state index is 13.3. The second-order valence-corrected chi connectivity index (χ2v) is 9.40. The van der Waals surface area contributed by atoms with Crippen molar-refractivity contribution in [1.29, 1.82) is 0 Å². The van der Waals surface area contributed by atoms with Crippen LogP contribution >= 0.6 is 11.3 Å². The first-order chi connectivity index (χ1) is 14.7. The Morgan fingerprint density at radius 3 is 2.61 bits per heavy atom. The highest BCUT2D eigenvalue weighted by Gasteiger charge is 2.24. The number of carbonyl (C=O) groups is 2. The minimum absolute atomic E-state index is 0.0378. The van der Waals surface area contributed by atoms with Gasteiger partial charge in [-0.15, -0.1) is 17.9 Å². The number of nitrogens with one attached hydrogen (secondary N) is 1. The fraction of sp³-hybridized carbons (Fsp3) is 0.391. The Kier molecular flexibility index (Phi) is 7.22. The molecule has 3 amide bonds. The average Bonchev–Trinajstić information content (AvgIpc) is 3.37. The Labute approximate surface area is 187 Å². The zero-order valence-electron chi connectivity index (χ0n) is 18.2. The molecule has 1 N–H and O–H groups in total. The van der Waals surface area contributed by atoms with E-state index < -0.39 is 5.54 Å². The summed E-state index contributed by atoms with van der Waals surface area (Å²) in [6.07, 6.45) is 1.62. The van der Waals surface area contributed by atoms with E-state index in [-0.39, 0.29) is 31.8 Å². The van der Waals surface area contributed by atoms with Crippen LogP contribution in [0.15, 0.2) is 48.4 Å². The molecule has 0 unspecified atom stereocenters. The molecule has 0 saturated carbocycles. The molecule has 1 aliphatic heterocycles. The van der Waals surface area contributed by atoms with Crippen LogP contribution in [0.25, 0.3) is 0 Å². The van der Waals surface area contributed by atoms with Crippen LogP contribution in [0.2, 0.25) is 0 Å². The van der Waals surface area contributed by atoms with E-state index in [1.165, 1.54) is 4.90 Å². The summed E-state index contributed by atoms with van der Waals surface area (Å²) in [6, 6.07) is 9.34. The van der Waals surface area contributed by atoms with Crippen LogP contribution in [-0.4, -0.2) is 47.2 Å². The van der Waals surface area contributed by atoms with Gasteiger partial charge in [-0.1, -0.05) is 18.2 Å². The van der Waals surface area contributed by atoms with Crippen LogP contribution in [0, 0.1) is 0 Å². The summed E-state index contributed by atoms with van der Waals surface area (Å²) in [5.74, 6) is 1.24. The smallest absolute Gasteiger partial charge is 0.318 e. The topological polar surface area (TPSA) is 71.1 Å². The van der Waals surface area contributed by atoms with Gasteiger partial charge in [-0.3, -0.25) is 4.79 Å². The maximum atomic E-state index is 13.3. The lowest BCUT2D eigenvalue weighted by atomic mass is 10.1. The van der Waals surface area contributed by atoms with Gasteiger partial charge in [-0.05, 0) is 49.9 Å². The number of rotatable bonds is 8.